The summed E-state index contributed by atoms with van der Waals surface area (Å²) >= 11 is 0. The van der Waals surface area contributed by atoms with Crippen LogP contribution >= 0.6 is 0 Å². The predicted molar refractivity (Wildman–Crippen MR) is 63.2 cm³/mol. The van der Waals surface area contributed by atoms with Crippen LogP contribution in [-0.2, 0) is 9.53 Å². The van der Waals surface area contributed by atoms with Gasteiger partial charge in [0.1, 0.15) is 18.9 Å². The number of nitrogens with zero attached hydrogens (tertiary/aromatic N) is 4. The second kappa shape index (κ2) is 5.89. The monoisotopic (exact) mass is 254 g/mol. The number of carbonyl (C=O) groups is 1. The zero-order valence-electron chi connectivity index (χ0n) is 10.4. The van der Waals surface area contributed by atoms with Crippen LogP contribution in [-0.4, -0.2) is 40.6 Å². The summed E-state index contributed by atoms with van der Waals surface area (Å²) in [6.07, 6.45) is 2.21. The molecule has 0 N–H and O–H groups in total. The van der Waals surface area contributed by atoms with Gasteiger partial charge in [-0.25, -0.2) is 9.97 Å². The summed E-state index contributed by atoms with van der Waals surface area (Å²) in [7, 11) is 1.29. The van der Waals surface area contributed by atoms with Crippen molar-refractivity contribution in [2.75, 3.05) is 18.6 Å². The molecule has 1 rings (SSSR count). The quantitative estimate of drug-likeness (QED) is 0.434. The predicted octanol–water partition coefficient (Wildman–Crippen LogP) is 0.773. The largest absolute Gasteiger partial charge is 0.468 e. The first-order chi connectivity index (χ1) is 8.45. The molecule has 0 radical (unpaired) electrons. The van der Waals surface area contributed by atoms with E-state index in [-0.39, 0.29) is 24.2 Å². The summed E-state index contributed by atoms with van der Waals surface area (Å²) in [6.45, 7) is 3.70. The van der Waals surface area contributed by atoms with E-state index < -0.39 is 10.9 Å². The van der Waals surface area contributed by atoms with E-state index in [0.29, 0.717) is 0 Å². The number of nitro groups is 1. The Morgan fingerprint density at radius 3 is 2.44 bits per heavy atom. The Balaban J connectivity index is 2.92. The van der Waals surface area contributed by atoms with Crippen LogP contribution in [0.5, 0.6) is 0 Å². The number of aromatic nitrogens is 2. The zero-order valence-corrected chi connectivity index (χ0v) is 10.4. The van der Waals surface area contributed by atoms with Gasteiger partial charge in [0.25, 0.3) is 0 Å². The van der Waals surface area contributed by atoms with Gasteiger partial charge in [-0.15, -0.1) is 0 Å². The van der Waals surface area contributed by atoms with E-state index in [1.807, 2.05) is 13.8 Å². The molecular formula is C10H14N4O4. The van der Waals surface area contributed by atoms with Gasteiger partial charge in [0.2, 0.25) is 5.95 Å². The molecule has 0 fully saturated rings. The number of hydrogen-bond acceptors (Lipinski definition) is 7. The van der Waals surface area contributed by atoms with Crippen molar-refractivity contribution >= 4 is 17.6 Å². The minimum atomic E-state index is -0.580. The number of carbonyl (C=O) groups excluding carboxylic acids is 1. The average molecular weight is 254 g/mol. The summed E-state index contributed by atoms with van der Waals surface area (Å²) < 4.78 is 4.57. The van der Waals surface area contributed by atoms with E-state index in [9.17, 15) is 14.9 Å². The lowest BCUT2D eigenvalue weighted by Gasteiger charge is -2.24. The normalized spacial score (nSPS) is 10.2. The number of methoxy groups -OCH3 is 1. The summed E-state index contributed by atoms with van der Waals surface area (Å²) in [5.41, 5.74) is -0.194. The lowest BCUT2D eigenvalue weighted by Crippen LogP contribution is -2.37. The number of rotatable bonds is 5. The van der Waals surface area contributed by atoms with Crippen LogP contribution in [0, 0.1) is 10.1 Å². The van der Waals surface area contributed by atoms with Gasteiger partial charge in [0, 0.05) is 6.04 Å². The smallest absolute Gasteiger partial charge is 0.325 e. The Kier molecular flexibility index (Phi) is 4.52. The second-order valence-electron chi connectivity index (χ2n) is 3.80. The number of ether oxygens (including phenoxy) is 1. The maximum absolute atomic E-state index is 11.2. The molecule has 0 aliphatic heterocycles. The third-order valence-electron chi connectivity index (χ3n) is 2.24. The molecule has 0 bridgehead atoms. The molecule has 1 aromatic rings. The van der Waals surface area contributed by atoms with Crippen molar-refractivity contribution < 1.29 is 14.5 Å². The number of anilines is 1. The van der Waals surface area contributed by atoms with E-state index in [1.54, 1.807) is 4.90 Å². The van der Waals surface area contributed by atoms with Gasteiger partial charge >= 0.3 is 11.7 Å². The Morgan fingerprint density at radius 1 is 1.50 bits per heavy atom. The Bertz CT molecular complexity index is 432. The van der Waals surface area contributed by atoms with Gasteiger partial charge in [-0.2, -0.15) is 0 Å². The van der Waals surface area contributed by atoms with Crippen LogP contribution in [0.3, 0.4) is 0 Å². The molecule has 0 aliphatic carbocycles. The standard InChI is InChI=1S/C10H14N4O4/c1-7(2)13(6-9(15)18-3)10-11-4-8(5-12-10)14(16)17/h4-5,7H,6H2,1-3H3. The minimum Gasteiger partial charge on any atom is -0.468 e. The maximum Gasteiger partial charge on any atom is 0.325 e. The van der Waals surface area contributed by atoms with Gasteiger partial charge in [-0.05, 0) is 13.8 Å². The number of esters is 1. The molecule has 0 aromatic carbocycles. The fraction of sp³-hybridized carbons (Fsp3) is 0.500. The first-order valence-electron chi connectivity index (χ1n) is 5.25. The van der Waals surface area contributed by atoms with E-state index >= 15 is 0 Å². The van der Waals surface area contributed by atoms with Gasteiger partial charge in [-0.1, -0.05) is 0 Å². The minimum absolute atomic E-state index is 0.00796. The highest BCUT2D eigenvalue weighted by atomic mass is 16.6. The third kappa shape index (κ3) is 3.37. The molecule has 8 heteroatoms. The Hall–Kier alpha value is -2.25. The zero-order chi connectivity index (χ0) is 13.7. The van der Waals surface area contributed by atoms with Gasteiger partial charge in [0.15, 0.2) is 0 Å². The molecular weight excluding hydrogens is 240 g/mol. The highest BCUT2D eigenvalue weighted by Gasteiger charge is 2.18. The van der Waals surface area contributed by atoms with E-state index in [1.165, 1.54) is 7.11 Å². The second-order valence-corrected chi connectivity index (χ2v) is 3.80. The molecule has 18 heavy (non-hydrogen) atoms. The first kappa shape index (κ1) is 13.8. The maximum atomic E-state index is 11.2. The van der Waals surface area contributed by atoms with E-state index in [4.69, 9.17) is 0 Å². The van der Waals surface area contributed by atoms with Crippen LogP contribution in [0.1, 0.15) is 13.8 Å². The first-order valence-corrected chi connectivity index (χ1v) is 5.25. The van der Waals surface area contributed by atoms with Gasteiger partial charge in [-0.3, -0.25) is 14.9 Å². The lowest BCUT2D eigenvalue weighted by molar-refractivity contribution is -0.385. The Morgan fingerprint density at radius 2 is 2.06 bits per heavy atom. The lowest BCUT2D eigenvalue weighted by atomic mass is 10.3. The molecule has 0 atom stereocenters. The van der Waals surface area contributed by atoms with Crippen LogP contribution in [0.2, 0.25) is 0 Å². The molecule has 0 unspecified atom stereocenters. The van der Waals surface area contributed by atoms with Crippen molar-refractivity contribution in [1.29, 1.82) is 0 Å². The van der Waals surface area contributed by atoms with Crippen molar-refractivity contribution in [1.82, 2.24) is 9.97 Å². The molecule has 8 nitrogen and oxygen atoms in total. The molecule has 1 aromatic heterocycles. The van der Waals surface area contributed by atoms with E-state index in [0.717, 1.165) is 12.4 Å². The molecule has 0 saturated heterocycles. The fourth-order valence-corrected chi connectivity index (χ4v) is 1.24. The summed E-state index contributed by atoms with van der Waals surface area (Å²) in [6, 6.07) is -0.0365. The SMILES string of the molecule is COC(=O)CN(c1ncc([N+](=O)[O-])cn1)C(C)C. The summed E-state index contributed by atoms with van der Waals surface area (Å²) in [4.78, 5) is 30.5. The summed E-state index contributed by atoms with van der Waals surface area (Å²) in [5.74, 6) is -0.174. The van der Waals surface area contributed by atoms with Crippen molar-refractivity contribution in [3.8, 4) is 0 Å². The third-order valence-corrected chi connectivity index (χ3v) is 2.24. The van der Waals surface area contributed by atoms with Crippen LogP contribution in [0.4, 0.5) is 11.6 Å². The van der Waals surface area contributed by atoms with Crippen molar-refractivity contribution in [3.63, 3.8) is 0 Å². The fourth-order valence-electron chi connectivity index (χ4n) is 1.24. The molecule has 0 spiro atoms. The topological polar surface area (TPSA) is 98.5 Å². The van der Waals surface area contributed by atoms with Crippen molar-refractivity contribution in [3.05, 3.63) is 22.5 Å². The van der Waals surface area contributed by atoms with Crippen LogP contribution in [0.15, 0.2) is 12.4 Å². The van der Waals surface area contributed by atoms with Gasteiger partial charge < -0.3 is 9.64 Å². The van der Waals surface area contributed by atoms with Gasteiger partial charge in [0.05, 0.1) is 12.0 Å². The highest BCUT2D eigenvalue weighted by Crippen LogP contribution is 2.14. The average Bonchev–Trinajstić information content (AvgIpc) is 2.35. The Labute approximate surface area is 104 Å². The molecule has 0 amide bonds. The van der Waals surface area contributed by atoms with Crippen molar-refractivity contribution in [2.45, 2.75) is 19.9 Å². The molecule has 0 aliphatic rings. The number of hydrogen-bond donors (Lipinski definition) is 0. The molecule has 1 heterocycles. The molecule has 98 valence electrons. The van der Waals surface area contributed by atoms with E-state index in [2.05, 4.69) is 14.7 Å². The van der Waals surface area contributed by atoms with Crippen LogP contribution < -0.4 is 4.90 Å². The molecule has 0 saturated carbocycles. The summed E-state index contributed by atoms with van der Waals surface area (Å²) in [5, 5.41) is 10.5. The highest BCUT2D eigenvalue weighted by molar-refractivity contribution is 5.74. The van der Waals surface area contributed by atoms with Crippen LogP contribution in [0.25, 0.3) is 0 Å². The van der Waals surface area contributed by atoms with Crippen molar-refractivity contribution in [2.24, 2.45) is 0 Å².